The second kappa shape index (κ2) is 3.01. The second-order valence-corrected chi connectivity index (χ2v) is 3.78. The topological polar surface area (TPSA) is 67.2 Å². The first-order valence-corrected chi connectivity index (χ1v) is 4.66. The van der Waals surface area contributed by atoms with E-state index in [0.29, 0.717) is 17.9 Å². The molecule has 1 aromatic rings. The summed E-state index contributed by atoms with van der Waals surface area (Å²) in [7, 11) is 0. The van der Waals surface area contributed by atoms with Gasteiger partial charge < -0.3 is 15.0 Å². The molecular weight excluding hydrogens is 182 g/mol. The van der Waals surface area contributed by atoms with Crippen LogP contribution in [0, 0.1) is 0 Å². The molecule has 0 radical (unpaired) electrons. The second-order valence-electron chi connectivity index (χ2n) is 3.78. The molecule has 0 spiro atoms. The smallest absolute Gasteiger partial charge is 0.358 e. The van der Waals surface area contributed by atoms with Gasteiger partial charge in [0.2, 0.25) is 0 Å². The zero-order valence-electron chi connectivity index (χ0n) is 8.19. The van der Waals surface area contributed by atoms with Gasteiger partial charge >= 0.3 is 5.97 Å². The Bertz CT molecular complexity index is 372. The van der Waals surface area contributed by atoms with E-state index in [0.717, 1.165) is 6.42 Å². The predicted molar refractivity (Wildman–Crippen MR) is 51.6 cm³/mol. The van der Waals surface area contributed by atoms with Crippen molar-refractivity contribution in [1.82, 2.24) is 9.55 Å². The number of aromatic carboxylic acids is 1. The number of carboxylic acid groups (broad SMARTS) is 1. The summed E-state index contributed by atoms with van der Waals surface area (Å²) in [5.41, 5.74) is 0.114. The van der Waals surface area contributed by atoms with E-state index in [4.69, 9.17) is 5.11 Å². The van der Waals surface area contributed by atoms with Crippen molar-refractivity contribution < 1.29 is 9.90 Å². The number of hydrogen-bond donors (Lipinski definition) is 2. The summed E-state index contributed by atoms with van der Waals surface area (Å²) >= 11 is 0. The number of nitrogens with zero attached hydrogens (tertiary/aromatic N) is 2. The van der Waals surface area contributed by atoms with Gasteiger partial charge in [-0.1, -0.05) is 0 Å². The summed E-state index contributed by atoms with van der Waals surface area (Å²) in [6, 6.07) is 0.606. The molecule has 0 fully saturated rings. The SMILES string of the molecule is C[C@@H]1C[C@H](C)n2cnc(C(=O)O)c2N1. The molecule has 0 aliphatic carbocycles. The van der Waals surface area contributed by atoms with Crippen molar-refractivity contribution in [2.24, 2.45) is 0 Å². The predicted octanol–water partition coefficient (Wildman–Crippen LogP) is 1.35. The van der Waals surface area contributed by atoms with Crippen LogP contribution in [0.2, 0.25) is 0 Å². The van der Waals surface area contributed by atoms with Gasteiger partial charge in [-0.3, -0.25) is 0 Å². The van der Waals surface area contributed by atoms with E-state index in [9.17, 15) is 4.79 Å². The van der Waals surface area contributed by atoms with Crippen LogP contribution < -0.4 is 5.32 Å². The van der Waals surface area contributed by atoms with Crippen molar-refractivity contribution >= 4 is 11.8 Å². The van der Waals surface area contributed by atoms with Gasteiger partial charge in [-0.05, 0) is 20.3 Å². The molecule has 2 heterocycles. The third-order valence-corrected chi connectivity index (χ3v) is 2.55. The van der Waals surface area contributed by atoms with E-state index in [2.05, 4.69) is 17.2 Å². The fourth-order valence-corrected chi connectivity index (χ4v) is 1.91. The molecule has 76 valence electrons. The Kier molecular flexibility index (Phi) is 1.94. The van der Waals surface area contributed by atoms with Gasteiger partial charge in [0.25, 0.3) is 0 Å². The van der Waals surface area contributed by atoms with E-state index in [1.807, 2.05) is 11.5 Å². The number of anilines is 1. The Balaban J connectivity index is 2.46. The maximum atomic E-state index is 10.8. The van der Waals surface area contributed by atoms with Crippen molar-refractivity contribution in [2.45, 2.75) is 32.4 Å². The van der Waals surface area contributed by atoms with Crippen LogP contribution in [0.4, 0.5) is 5.82 Å². The van der Waals surface area contributed by atoms with Crippen LogP contribution in [-0.4, -0.2) is 26.7 Å². The Labute approximate surface area is 81.8 Å². The normalized spacial score (nSPS) is 25.3. The van der Waals surface area contributed by atoms with Crippen molar-refractivity contribution in [3.05, 3.63) is 12.0 Å². The van der Waals surface area contributed by atoms with Gasteiger partial charge in [0.05, 0.1) is 6.33 Å². The first kappa shape index (κ1) is 9.05. The molecule has 1 aliphatic heterocycles. The molecule has 2 N–H and O–H groups in total. The largest absolute Gasteiger partial charge is 0.476 e. The maximum Gasteiger partial charge on any atom is 0.358 e. The number of aromatic nitrogens is 2. The highest BCUT2D eigenvalue weighted by molar-refractivity contribution is 5.91. The highest BCUT2D eigenvalue weighted by atomic mass is 16.4. The summed E-state index contributed by atoms with van der Waals surface area (Å²) in [5.74, 6) is -0.351. The molecule has 0 saturated heterocycles. The molecule has 0 aromatic carbocycles. The van der Waals surface area contributed by atoms with E-state index in [1.54, 1.807) is 6.33 Å². The van der Waals surface area contributed by atoms with Gasteiger partial charge in [-0.2, -0.15) is 0 Å². The molecule has 0 unspecified atom stereocenters. The van der Waals surface area contributed by atoms with Crippen molar-refractivity contribution in [2.75, 3.05) is 5.32 Å². The third kappa shape index (κ3) is 1.25. The molecule has 14 heavy (non-hydrogen) atoms. The highest BCUT2D eigenvalue weighted by Gasteiger charge is 2.26. The highest BCUT2D eigenvalue weighted by Crippen LogP contribution is 2.28. The van der Waals surface area contributed by atoms with Crippen LogP contribution in [0.1, 0.15) is 36.8 Å². The van der Waals surface area contributed by atoms with Gasteiger partial charge in [0.1, 0.15) is 5.82 Å². The molecule has 2 rings (SSSR count). The Morgan fingerprint density at radius 2 is 2.43 bits per heavy atom. The van der Waals surface area contributed by atoms with Gasteiger partial charge in [-0.15, -0.1) is 0 Å². The van der Waals surface area contributed by atoms with Crippen molar-refractivity contribution in [1.29, 1.82) is 0 Å². The lowest BCUT2D eigenvalue weighted by Gasteiger charge is -2.28. The molecule has 5 heteroatoms. The molecule has 0 saturated carbocycles. The molecule has 1 aromatic heterocycles. The van der Waals surface area contributed by atoms with Crippen LogP contribution in [0.5, 0.6) is 0 Å². The zero-order chi connectivity index (χ0) is 10.3. The zero-order valence-corrected chi connectivity index (χ0v) is 8.19. The molecule has 0 amide bonds. The Morgan fingerprint density at radius 1 is 1.71 bits per heavy atom. The van der Waals surface area contributed by atoms with Gasteiger partial charge in [-0.25, -0.2) is 9.78 Å². The molecule has 1 aliphatic rings. The van der Waals surface area contributed by atoms with Gasteiger partial charge in [0.15, 0.2) is 5.69 Å². The first-order valence-electron chi connectivity index (χ1n) is 4.66. The maximum absolute atomic E-state index is 10.8. The van der Waals surface area contributed by atoms with E-state index >= 15 is 0 Å². The summed E-state index contributed by atoms with van der Waals surface area (Å²) in [4.78, 5) is 14.7. The number of hydrogen-bond acceptors (Lipinski definition) is 3. The van der Waals surface area contributed by atoms with E-state index in [-0.39, 0.29) is 5.69 Å². The number of imidazole rings is 1. The fraction of sp³-hybridized carbons (Fsp3) is 0.556. The molecular formula is C9H13N3O2. The molecule has 2 atom stereocenters. The van der Waals surface area contributed by atoms with Crippen LogP contribution in [-0.2, 0) is 0 Å². The Morgan fingerprint density at radius 3 is 3.07 bits per heavy atom. The fourth-order valence-electron chi connectivity index (χ4n) is 1.91. The number of fused-ring (bicyclic) bond motifs is 1. The minimum absolute atomic E-state index is 0.114. The average Bonchev–Trinajstić information content (AvgIpc) is 2.47. The minimum Gasteiger partial charge on any atom is -0.476 e. The molecule has 5 nitrogen and oxygen atoms in total. The van der Waals surface area contributed by atoms with Gasteiger partial charge in [0, 0.05) is 12.1 Å². The average molecular weight is 195 g/mol. The summed E-state index contributed by atoms with van der Waals surface area (Å²) in [6.07, 6.45) is 2.57. The molecule has 0 bridgehead atoms. The summed E-state index contributed by atoms with van der Waals surface area (Å²) in [6.45, 7) is 4.10. The summed E-state index contributed by atoms with van der Waals surface area (Å²) in [5, 5.41) is 12.0. The first-order chi connectivity index (χ1) is 6.59. The lowest BCUT2D eigenvalue weighted by atomic mass is 10.1. The van der Waals surface area contributed by atoms with Crippen LogP contribution in [0.3, 0.4) is 0 Å². The number of nitrogens with one attached hydrogen (secondary N) is 1. The van der Waals surface area contributed by atoms with Crippen molar-refractivity contribution in [3.8, 4) is 0 Å². The number of carbonyl (C=O) groups is 1. The van der Waals surface area contributed by atoms with E-state index < -0.39 is 5.97 Å². The monoisotopic (exact) mass is 195 g/mol. The third-order valence-electron chi connectivity index (χ3n) is 2.55. The van der Waals surface area contributed by atoms with Crippen LogP contribution >= 0.6 is 0 Å². The Hall–Kier alpha value is -1.52. The number of carboxylic acids is 1. The minimum atomic E-state index is -0.979. The lowest BCUT2D eigenvalue weighted by molar-refractivity contribution is 0.0692. The van der Waals surface area contributed by atoms with E-state index in [1.165, 1.54) is 0 Å². The quantitative estimate of drug-likeness (QED) is 0.709. The lowest BCUT2D eigenvalue weighted by Crippen LogP contribution is -2.28. The standard InChI is InChI=1S/C9H13N3O2/c1-5-3-6(2)12-4-10-7(9(13)14)8(12)11-5/h4-6,11H,3H2,1-2H3,(H,13,14)/t5-,6+/m1/s1. The summed E-state index contributed by atoms with van der Waals surface area (Å²) < 4.78 is 1.88. The van der Waals surface area contributed by atoms with Crippen LogP contribution in [0.15, 0.2) is 6.33 Å². The van der Waals surface area contributed by atoms with Crippen LogP contribution in [0.25, 0.3) is 0 Å². The van der Waals surface area contributed by atoms with Crippen molar-refractivity contribution in [3.63, 3.8) is 0 Å². The number of rotatable bonds is 1.